The molecule has 1 heterocycles. The number of carbonyl (C=O) groups excluding carboxylic acids is 1. The van der Waals surface area contributed by atoms with Crippen LogP contribution in [0.2, 0.25) is 0 Å². The van der Waals surface area contributed by atoms with Gasteiger partial charge in [0.2, 0.25) is 0 Å². The molecular weight excluding hydrogens is 154 g/mol. The maximum absolute atomic E-state index is 11.1. The van der Waals surface area contributed by atoms with Crippen molar-refractivity contribution in [2.45, 2.75) is 6.92 Å². The van der Waals surface area contributed by atoms with Gasteiger partial charge in [-0.15, -0.1) is 0 Å². The first kappa shape index (κ1) is 8.77. The van der Waals surface area contributed by atoms with E-state index in [4.69, 9.17) is 0 Å². The zero-order valence-electron chi connectivity index (χ0n) is 7.21. The van der Waals surface area contributed by atoms with Crippen molar-refractivity contribution in [3.63, 3.8) is 0 Å². The molecule has 1 N–H and O–H groups in total. The predicted octanol–water partition coefficient (Wildman–Crippen LogP) is 0.616. The summed E-state index contributed by atoms with van der Waals surface area (Å²) in [5.41, 5.74) is 0. The van der Waals surface area contributed by atoms with Crippen LogP contribution < -0.4 is 5.32 Å². The summed E-state index contributed by atoms with van der Waals surface area (Å²) in [4.78, 5) is 16.9. The normalized spacial score (nSPS) is 17.9. The monoisotopic (exact) mass is 167 g/mol. The molecule has 1 rings (SSSR count). The van der Waals surface area contributed by atoms with Crippen molar-refractivity contribution in [1.29, 1.82) is 0 Å². The molecule has 4 nitrogen and oxygen atoms in total. The second-order valence-corrected chi connectivity index (χ2v) is 2.42. The quantitative estimate of drug-likeness (QED) is 0.475. The third kappa shape index (κ3) is 1.64. The summed E-state index contributed by atoms with van der Waals surface area (Å²) in [5.74, 6) is 0.660. The van der Waals surface area contributed by atoms with Crippen LogP contribution in [0.25, 0.3) is 0 Å². The lowest BCUT2D eigenvalue weighted by molar-refractivity contribution is 0.234. The molecule has 0 saturated carbocycles. The first-order valence-corrected chi connectivity index (χ1v) is 4.01. The van der Waals surface area contributed by atoms with Gasteiger partial charge in [0, 0.05) is 19.6 Å². The summed E-state index contributed by atoms with van der Waals surface area (Å²) in [6.45, 7) is 7.58. The van der Waals surface area contributed by atoms with Gasteiger partial charge in [0.05, 0.1) is 0 Å². The number of amidine groups is 1. The largest absolute Gasteiger partial charge is 0.336 e. The van der Waals surface area contributed by atoms with Gasteiger partial charge in [0.25, 0.3) is 0 Å². The molecule has 12 heavy (non-hydrogen) atoms. The van der Waals surface area contributed by atoms with E-state index in [1.54, 1.807) is 11.0 Å². The van der Waals surface area contributed by atoms with Crippen molar-refractivity contribution < 1.29 is 4.79 Å². The van der Waals surface area contributed by atoms with Gasteiger partial charge < -0.3 is 5.32 Å². The second-order valence-electron chi connectivity index (χ2n) is 2.42. The van der Waals surface area contributed by atoms with Crippen molar-refractivity contribution in [2.75, 3.05) is 19.6 Å². The average molecular weight is 167 g/mol. The molecule has 1 aliphatic heterocycles. The zero-order chi connectivity index (χ0) is 8.97. The summed E-state index contributed by atoms with van der Waals surface area (Å²) < 4.78 is 0. The van der Waals surface area contributed by atoms with E-state index in [-0.39, 0.29) is 6.03 Å². The van der Waals surface area contributed by atoms with E-state index >= 15 is 0 Å². The van der Waals surface area contributed by atoms with Gasteiger partial charge in [-0.3, -0.25) is 9.89 Å². The molecular formula is C8H13N3O. The van der Waals surface area contributed by atoms with Crippen LogP contribution in [0.4, 0.5) is 4.79 Å². The molecule has 0 bridgehead atoms. The summed E-state index contributed by atoms with van der Waals surface area (Å²) in [7, 11) is 0. The minimum atomic E-state index is -0.0814. The standard InChI is InChI=1S/C8H13N3O/c1-3-7(9-4-2)11-6-5-10-8(11)12/h3H,1,4-6H2,2H3,(H,10,12). The SMILES string of the molecule is C=CC(=NCC)N1CCNC1=O. The number of urea groups is 1. The van der Waals surface area contributed by atoms with Crippen LogP contribution in [-0.4, -0.2) is 36.4 Å². The van der Waals surface area contributed by atoms with E-state index in [2.05, 4.69) is 16.9 Å². The second kappa shape index (κ2) is 3.90. The van der Waals surface area contributed by atoms with Gasteiger partial charge in [-0.1, -0.05) is 6.58 Å². The molecule has 0 spiro atoms. The third-order valence-corrected chi connectivity index (χ3v) is 1.64. The molecule has 0 aromatic rings. The molecule has 0 atom stereocenters. The highest BCUT2D eigenvalue weighted by Gasteiger charge is 2.21. The summed E-state index contributed by atoms with van der Waals surface area (Å²) >= 11 is 0. The lowest BCUT2D eigenvalue weighted by Crippen LogP contribution is -2.33. The Hall–Kier alpha value is -1.32. The maximum atomic E-state index is 11.1. The number of rotatable bonds is 2. The highest BCUT2D eigenvalue weighted by atomic mass is 16.2. The number of nitrogens with zero attached hydrogens (tertiary/aromatic N) is 2. The molecule has 0 radical (unpaired) electrons. The Bertz CT molecular complexity index is 222. The van der Waals surface area contributed by atoms with Crippen LogP contribution in [0.1, 0.15) is 6.92 Å². The lowest BCUT2D eigenvalue weighted by atomic mass is 10.4. The van der Waals surface area contributed by atoms with Crippen LogP contribution in [0, 0.1) is 0 Å². The van der Waals surface area contributed by atoms with Crippen LogP contribution in [-0.2, 0) is 0 Å². The van der Waals surface area contributed by atoms with Crippen molar-refractivity contribution in [1.82, 2.24) is 10.2 Å². The van der Waals surface area contributed by atoms with Crippen molar-refractivity contribution in [3.05, 3.63) is 12.7 Å². The fraction of sp³-hybridized carbons (Fsp3) is 0.500. The first-order chi connectivity index (χ1) is 5.79. The smallest absolute Gasteiger partial charge is 0.323 e. The Morgan fingerprint density at radius 2 is 2.67 bits per heavy atom. The van der Waals surface area contributed by atoms with Crippen molar-refractivity contribution >= 4 is 11.9 Å². The molecule has 0 aromatic carbocycles. The Morgan fingerprint density at radius 3 is 3.08 bits per heavy atom. The number of nitrogens with one attached hydrogen (secondary N) is 1. The van der Waals surface area contributed by atoms with Crippen LogP contribution in [0.5, 0.6) is 0 Å². The third-order valence-electron chi connectivity index (χ3n) is 1.64. The number of hydrogen-bond donors (Lipinski definition) is 1. The van der Waals surface area contributed by atoms with Crippen LogP contribution >= 0.6 is 0 Å². The average Bonchev–Trinajstić information content (AvgIpc) is 2.47. The van der Waals surface area contributed by atoms with Gasteiger partial charge in [-0.2, -0.15) is 0 Å². The Balaban J connectivity index is 2.71. The van der Waals surface area contributed by atoms with Gasteiger partial charge >= 0.3 is 6.03 Å². The lowest BCUT2D eigenvalue weighted by Gasteiger charge is -2.12. The number of hydrogen-bond acceptors (Lipinski definition) is 2. The molecule has 1 saturated heterocycles. The van der Waals surface area contributed by atoms with Gasteiger partial charge in [0.15, 0.2) is 0 Å². The number of aliphatic imine (C=N–C) groups is 1. The molecule has 1 fully saturated rings. The Morgan fingerprint density at radius 1 is 1.92 bits per heavy atom. The highest BCUT2D eigenvalue weighted by Crippen LogP contribution is 1.99. The van der Waals surface area contributed by atoms with Crippen LogP contribution in [0.3, 0.4) is 0 Å². The molecule has 1 aliphatic rings. The van der Waals surface area contributed by atoms with E-state index in [1.807, 2.05) is 6.92 Å². The Labute approximate surface area is 72.0 Å². The Kier molecular flexibility index (Phi) is 2.85. The van der Waals surface area contributed by atoms with Crippen molar-refractivity contribution in [3.8, 4) is 0 Å². The number of carbonyl (C=O) groups is 1. The fourth-order valence-corrected chi connectivity index (χ4v) is 1.11. The first-order valence-electron chi connectivity index (χ1n) is 4.01. The van der Waals surface area contributed by atoms with Crippen LogP contribution in [0.15, 0.2) is 17.6 Å². The van der Waals surface area contributed by atoms with Gasteiger partial charge in [-0.05, 0) is 13.0 Å². The fourth-order valence-electron chi connectivity index (χ4n) is 1.11. The minimum absolute atomic E-state index is 0.0814. The maximum Gasteiger partial charge on any atom is 0.323 e. The van der Waals surface area contributed by atoms with Gasteiger partial charge in [-0.25, -0.2) is 4.79 Å². The van der Waals surface area contributed by atoms with Crippen molar-refractivity contribution in [2.24, 2.45) is 4.99 Å². The highest BCUT2D eigenvalue weighted by molar-refractivity contribution is 6.04. The molecule has 0 aromatic heterocycles. The molecule has 4 heteroatoms. The summed E-state index contributed by atoms with van der Waals surface area (Å²) in [5, 5.41) is 2.70. The molecule has 66 valence electrons. The summed E-state index contributed by atoms with van der Waals surface area (Å²) in [6, 6.07) is -0.0814. The molecule has 0 unspecified atom stereocenters. The van der Waals surface area contributed by atoms with E-state index in [0.29, 0.717) is 25.5 Å². The minimum Gasteiger partial charge on any atom is -0.336 e. The van der Waals surface area contributed by atoms with E-state index < -0.39 is 0 Å². The van der Waals surface area contributed by atoms with E-state index in [1.165, 1.54) is 0 Å². The predicted molar refractivity (Wildman–Crippen MR) is 48.3 cm³/mol. The zero-order valence-corrected chi connectivity index (χ0v) is 7.21. The topological polar surface area (TPSA) is 44.7 Å². The molecule has 0 aliphatic carbocycles. The molecule has 2 amide bonds. The number of amides is 2. The van der Waals surface area contributed by atoms with E-state index in [9.17, 15) is 4.79 Å². The van der Waals surface area contributed by atoms with E-state index in [0.717, 1.165) is 0 Å². The summed E-state index contributed by atoms with van der Waals surface area (Å²) in [6.07, 6.45) is 1.61. The van der Waals surface area contributed by atoms with Gasteiger partial charge in [0.1, 0.15) is 5.84 Å².